The summed E-state index contributed by atoms with van der Waals surface area (Å²) in [6.07, 6.45) is 21.6. The van der Waals surface area contributed by atoms with Gasteiger partial charge in [0.05, 0.1) is 0 Å². The molecular weight excluding hydrogens is 552 g/mol. The second kappa shape index (κ2) is 23.3. The summed E-state index contributed by atoms with van der Waals surface area (Å²) < 4.78 is 1.59. The topological polar surface area (TPSA) is 121 Å². The minimum Gasteiger partial charge on any atom is -0.325 e. The molecule has 0 amide bonds. The van der Waals surface area contributed by atoms with Crippen LogP contribution in [0, 0.1) is 0 Å². The smallest absolute Gasteiger partial charge is 0.319 e. The second-order valence-corrected chi connectivity index (χ2v) is 14.7. The molecule has 0 atom stereocenters. The summed E-state index contributed by atoms with van der Waals surface area (Å²) in [6.45, 7) is -5.32. The van der Waals surface area contributed by atoms with E-state index in [1.165, 1.54) is 115 Å². The number of rotatable bonds is 15. The van der Waals surface area contributed by atoms with E-state index in [2.05, 4.69) is 54.8 Å². The molecule has 0 aliphatic carbocycles. The molecule has 0 aromatic heterocycles. The van der Waals surface area contributed by atoms with Gasteiger partial charge in [-0.05, 0) is 23.6 Å². The number of unbranched alkanes of at least 4 members (excludes halogenated alkanes) is 13. The van der Waals surface area contributed by atoms with Gasteiger partial charge in [0.15, 0.2) is 0 Å². The predicted molar refractivity (Wildman–Crippen MR) is 142 cm³/mol. The molecule has 11 heteroatoms. The van der Waals surface area contributed by atoms with E-state index >= 15 is 0 Å². The van der Waals surface area contributed by atoms with Gasteiger partial charge in [-0.3, -0.25) is 0 Å². The molecule has 0 spiro atoms. The average molecular weight is 595 g/mol. The zero-order valence-electron chi connectivity index (χ0n) is 20.0. The van der Waals surface area contributed by atoms with Crippen LogP contribution in [0.5, 0.6) is 0 Å². The van der Waals surface area contributed by atoms with Crippen LogP contribution in [0.4, 0.5) is 0 Å². The summed E-state index contributed by atoms with van der Waals surface area (Å²) in [4.78, 5) is 45.3. The molecule has 0 radical (unpaired) electrons. The quantitative estimate of drug-likeness (QED) is 0.0924. The molecule has 0 saturated carbocycles. The molecule has 6 N–H and O–H groups in total. The molecule has 1 aromatic rings. The summed E-state index contributed by atoms with van der Waals surface area (Å²) in [5.74, 6) is 0. The van der Waals surface area contributed by atoms with E-state index < -0.39 is 13.4 Å². The zero-order valence-corrected chi connectivity index (χ0v) is 26.4. The Bertz CT molecular complexity index is 634. The van der Waals surface area contributed by atoms with Gasteiger partial charge in [0.25, 0.3) is 0 Å². The van der Waals surface area contributed by atoms with Crippen molar-refractivity contribution in [3.05, 3.63) is 29.8 Å². The first-order chi connectivity index (χ1) is 15.3. The molecule has 6 nitrogen and oxygen atoms in total. The van der Waals surface area contributed by atoms with Crippen LogP contribution in [0.1, 0.15) is 102 Å². The minimum absolute atomic E-state index is 1.30. The van der Waals surface area contributed by atoms with E-state index in [4.69, 9.17) is 29.4 Å². The van der Waals surface area contributed by atoms with Crippen LogP contribution < -0.4 is 4.16 Å². The molecule has 0 bridgehead atoms. The summed E-state index contributed by atoms with van der Waals surface area (Å²) in [5, 5.41) is 0. The Morgan fingerprint density at radius 2 is 0.909 bits per heavy atom. The van der Waals surface area contributed by atoms with Gasteiger partial charge in [-0.25, -0.2) is 0 Å². The van der Waals surface area contributed by atoms with Crippen molar-refractivity contribution in [2.75, 3.05) is 0 Å². The Kier molecular flexibility index (Phi) is 25.5. The Hall–Kier alpha value is 0.903. The van der Waals surface area contributed by atoms with Crippen molar-refractivity contribution < 1.29 is 47.7 Å². The summed E-state index contributed by atoms with van der Waals surface area (Å²) in [7, 11) is 0. The van der Waals surface area contributed by atoms with Gasteiger partial charge >= 0.3 is 130 Å². The van der Waals surface area contributed by atoms with Crippen LogP contribution in [-0.2, 0) is 48.3 Å². The molecule has 191 valence electrons. The number of benzene rings is 1. The third-order valence-corrected chi connectivity index (χ3v) is 6.37. The van der Waals surface area contributed by atoms with E-state index in [-0.39, 0.29) is 0 Å². The third kappa shape index (κ3) is 40.4. The maximum atomic E-state index is 7.56. The first kappa shape index (κ1) is 36.1. The van der Waals surface area contributed by atoms with Gasteiger partial charge in [-0.15, -0.1) is 0 Å². The monoisotopic (exact) mass is 593 g/mol. The van der Waals surface area contributed by atoms with E-state index in [0.29, 0.717) is 0 Å². The van der Waals surface area contributed by atoms with Gasteiger partial charge in [-0.2, -0.15) is 0 Å². The minimum atomic E-state index is -3.81. The third-order valence-electron chi connectivity index (χ3n) is 4.92. The first-order valence-electron chi connectivity index (χ1n) is 11.8. The molecule has 1 aromatic carbocycles. The van der Waals surface area contributed by atoms with E-state index in [9.17, 15) is 0 Å². The molecule has 0 saturated heterocycles. The molecule has 0 aliphatic heterocycles. The van der Waals surface area contributed by atoms with Crippen LogP contribution in [0.2, 0.25) is 0 Å². The van der Waals surface area contributed by atoms with Gasteiger partial charge in [-0.1, -0.05) is 39.0 Å². The molecule has 0 heterocycles. The van der Waals surface area contributed by atoms with E-state index in [1.807, 2.05) is 0 Å². The fraction of sp³-hybridized carbons (Fsp3) is 0.727. The second-order valence-electron chi connectivity index (χ2n) is 8.14. The van der Waals surface area contributed by atoms with Crippen LogP contribution in [0.15, 0.2) is 24.3 Å². The summed E-state index contributed by atoms with van der Waals surface area (Å²) in [6, 6.07) is 8.98. The van der Waals surface area contributed by atoms with Gasteiger partial charge in [0, 0.05) is 0 Å². The SMILES string of the molecule is CCCCCCCCCCCCCCCCc1cccc[c]1[Zn].OP(O)(O)=S.OP(O)(O)=S. The Morgan fingerprint density at radius 1 is 0.606 bits per heavy atom. The molecule has 0 aliphatic rings. The van der Waals surface area contributed by atoms with Gasteiger partial charge < -0.3 is 29.4 Å². The fourth-order valence-electron chi connectivity index (χ4n) is 3.31. The number of aryl methyl sites for hydroxylation is 1. The maximum Gasteiger partial charge on any atom is 0.319 e. The van der Waals surface area contributed by atoms with E-state index in [0.717, 1.165) is 0 Å². The molecule has 0 fully saturated rings. The summed E-state index contributed by atoms with van der Waals surface area (Å²) >= 11 is 8.51. The standard InChI is InChI=1S/C22H37.2H3O3PS.Zn/c1-2-3-4-5-6-7-8-9-10-11-12-13-14-16-19-22-20-17-15-18-21-22;2*1-4(2,3)5;/h15,17-18,20H,2-14,16,19H2,1H3;2*(H3,1,2,3,5);. The molecule has 33 heavy (non-hydrogen) atoms. The zero-order chi connectivity index (χ0) is 25.6. The maximum absolute atomic E-state index is 7.56. The molecular formula is C22H43O6P2S2Zn. The first-order valence-corrected chi connectivity index (χ1v) is 18.6. The Morgan fingerprint density at radius 3 is 1.24 bits per heavy atom. The summed E-state index contributed by atoms with van der Waals surface area (Å²) in [5.41, 5.74) is 1.60. The van der Waals surface area contributed by atoms with Crippen molar-refractivity contribution in [3.8, 4) is 0 Å². The van der Waals surface area contributed by atoms with Crippen molar-refractivity contribution >= 4 is 41.2 Å². The molecule has 1 rings (SSSR count). The van der Waals surface area contributed by atoms with Crippen LogP contribution in [-0.4, -0.2) is 29.4 Å². The van der Waals surface area contributed by atoms with Crippen molar-refractivity contribution in [2.24, 2.45) is 0 Å². The Balaban J connectivity index is 0. The number of hydrogen-bond donors (Lipinski definition) is 6. The normalized spacial score (nSPS) is 11.3. The van der Waals surface area contributed by atoms with Gasteiger partial charge in [0.1, 0.15) is 0 Å². The van der Waals surface area contributed by atoms with Crippen LogP contribution in [0.25, 0.3) is 0 Å². The van der Waals surface area contributed by atoms with Crippen LogP contribution >= 0.6 is 13.4 Å². The van der Waals surface area contributed by atoms with Crippen molar-refractivity contribution in [3.63, 3.8) is 0 Å². The Labute approximate surface area is 221 Å². The van der Waals surface area contributed by atoms with Gasteiger partial charge in [0.2, 0.25) is 0 Å². The van der Waals surface area contributed by atoms with Crippen molar-refractivity contribution in [1.82, 2.24) is 0 Å². The van der Waals surface area contributed by atoms with E-state index in [1.54, 1.807) is 9.72 Å². The largest absolute Gasteiger partial charge is 0.325 e. The molecule has 0 unspecified atom stereocenters. The van der Waals surface area contributed by atoms with Crippen molar-refractivity contribution in [1.29, 1.82) is 0 Å². The average Bonchev–Trinajstić information content (AvgIpc) is 2.67. The fourth-order valence-corrected chi connectivity index (χ4v) is 4.22. The predicted octanol–water partition coefficient (Wildman–Crippen LogP) is 5.26. The van der Waals surface area contributed by atoms with Crippen LogP contribution in [0.3, 0.4) is 0 Å². The van der Waals surface area contributed by atoms with Crippen molar-refractivity contribution in [2.45, 2.75) is 103 Å². The number of hydrogen-bond acceptors (Lipinski definition) is 2.